The van der Waals surface area contributed by atoms with E-state index in [1.165, 1.54) is 18.2 Å². The molecule has 1 aliphatic heterocycles. The Bertz CT molecular complexity index is 544. The Kier molecular flexibility index (Phi) is 3.89. The summed E-state index contributed by atoms with van der Waals surface area (Å²) >= 11 is 0. The molecule has 2 N–H and O–H groups in total. The number of nitro benzene ring substituents is 1. The minimum absolute atomic E-state index is 0.0643. The number of amides is 1. The fourth-order valence-corrected chi connectivity index (χ4v) is 2.40. The zero-order valence-electron chi connectivity index (χ0n) is 11.6. The Hall–Kier alpha value is -2.15. The summed E-state index contributed by atoms with van der Waals surface area (Å²) in [6, 6.07) is 4.38. The molecule has 1 heterocycles. The standard InChI is InChI=1S/C13H18N4O3/c1-15(2)10-5-6-16(8-10)13(18)11-7-9(14)3-4-12(11)17(19)20/h3-4,7,10H,5-6,8,14H2,1-2H3. The normalized spacial score (nSPS) is 18.6. The highest BCUT2D eigenvalue weighted by Crippen LogP contribution is 2.25. The Morgan fingerprint density at radius 1 is 1.50 bits per heavy atom. The minimum atomic E-state index is -0.549. The van der Waals surface area contributed by atoms with Gasteiger partial charge in [-0.3, -0.25) is 14.9 Å². The van der Waals surface area contributed by atoms with Crippen LogP contribution in [0.3, 0.4) is 0 Å². The lowest BCUT2D eigenvalue weighted by molar-refractivity contribution is -0.385. The van der Waals surface area contributed by atoms with Crippen molar-refractivity contribution >= 4 is 17.3 Å². The number of rotatable bonds is 3. The summed E-state index contributed by atoms with van der Waals surface area (Å²) in [6.07, 6.45) is 0.870. The molecule has 0 spiro atoms. The van der Waals surface area contributed by atoms with E-state index in [9.17, 15) is 14.9 Å². The molecule has 0 aliphatic carbocycles. The van der Waals surface area contributed by atoms with Gasteiger partial charge in [0.25, 0.3) is 11.6 Å². The molecule has 7 heteroatoms. The molecule has 1 aliphatic rings. The van der Waals surface area contributed by atoms with E-state index in [-0.39, 0.29) is 17.2 Å². The smallest absolute Gasteiger partial charge is 0.282 e. The first-order valence-corrected chi connectivity index (χ1v) is 6.39. The molecule has 1 saturated heterocycles. The predicted octanol–water partition coefficient (Wildman–Crippen LogP) is 0.953. The van der Waals surface area contributed by atoms with E-state index in [2.05, 4.69) is 4.90 Å². The lowest BCUT2D eigenvalue weighted by atomic mass is 10.1. The van der Waals surface area contributed by atoms with E-state index >= 15 is 0 Å². The lowest BCUT2D eigenvalue weighted by Crippen LogP contribution is -2.34. The Morgan fingerprint density at radius 2 is 2.20 bits per heavy atom. The molecule has 1 amide bonds. The van der Waals surface area contributed by atoms with Gasteiger partial charge in [-0.1, -0.05) is 0 Å². The van der Waals surface area contributed by atoms with Crippen molar-refractivity contribution in [3.8, 4) is 0 Å². The minimum Gasteiger partial charge on any atom is -0.399 e. The summed E-state index contributed by atoms with van der Waals surface area (Å²) < 4.78 is 0. The largest absolute Gasteiger partial charge is 0.399 e. The fourth-order valence-electron chi connectivity index (χ4n) is 2.40. The molecule has 1 fully saturated rings. The molecule has 0 bridgehead atoms. The third-order valence-corrected chi connectivity index (χ3v) is 3.63. The number of carbonyl (C=O) groups excluding carboxylic acids is 1. The summed E-state index contributed by atoms with van der Waals surface area (Å²) in [5.41, 5.74) is 5.85. The van der Waals surface area contributed by atoms with Gasteiger partial charge in [-0.25, -0.2) is 0 Å². The van der Waals surface area contributed by atoms with Gasteiger partial charge in [0.15, 0.2) is 0 Å². The van der Waals surface area contributed by atoms with Crippen molar-refractivity contribution in [2.45, 2.75) is 12.5 Å². The van der Waals surface area contributed by atoms with Crippen molar-refractivity contribution in [2.75, 3.05) is 32.9 Å². The van der Waals surface area contributed by atoms with Crippen LogP contribution in [0.5, 0.6) is 0 Å². The Labute approximate surface area is 117 Å². The van der Waals surface area contributed by atoms with Crippen molar-refractivity contribution in [1.82, 2.24) is 9.80 Å². The monoisotopic (exact) mass is 278 g/mol. The zero-order chi connectivity index (χ0) is 14.9. The number of nitrogens with two attached hydrogens (primary N) is 1. The summed E-state index contributed by atoms with van der Waals surface area (Å²) in [5.74, 6) is -0.326. The average molecular weight is 278 g/mol. The van der Waals surface area contributed by atoms with Crippen molar-refractivity contribution in [3.63, 3.8) is 0 Å². The van der Waals surface area contributed by atoms with Crippen LogP contribution in [-0.4, -0.2) is 53.9 Å². The molecule has 1 atom stereocenters. The van der Waals surface area contributed by atoms with Crippen LogP contribution in [0.15, 0.2) is 18.2 Å². The van der Waals surface area contributed by atoms with Gasteiger partial charge in [0.05, 0.1) is 4.92 Å². The summed E-state index contributed by atoms with van der Waals surface area (Å²) in [6.45, 7) is 1.19. The molecule has 7 nitrogen and oxygen atoms in total. The molecule has 108 valence electrons. The first-order valence-electron chi connectivity index (χ1n) is 6.39. The van der Waals surface area contributed by atoms with E-state index in [0.717, 1.165) is 6.42 Å². The molecule has 1 aromatic carbocycles. The number of likely N-dealkylation sites (tertiary alicyclic amines) is 1. The second kappa shape index (κ2) is 5.46. The van der Waals surface area contributed by atoms with E-state index in [1.807, 2.05) is 14.1 Å². The number of nitrogen functional groups attached to an aromatic ring is 1. The maximum Gasteiger partial charge on any atom is 0.282 e. The van der Waals surface area contributed by atoms with E-state index in [0.29, 0.717) is 24.8 Å². The average Bonchev–Trinajstić information content (AvgIpc) is 2.87. The SMILES string of the molecule is CN(C)C1CCN(C(=O)c2cc(N)ccc2[N+](=O)[O-])C1. The van der Waals surface area contributed by atoms with Gasteiger partial charge < -0.3 is 15.5 Å². The van der Waals surface area contributed by atoms with Crippen LogP contribution in [0.4, 0.5) is 11.4 Å². The number of nitrogens with zero attached hydrogens (tertiary/aromatic N) is 3. The van der Waals surface area contributed by atoms with Gasteiger partial charge in [-0.15, -0.1) is 0 Å². The predicted molar refractivity (Wildman–Crippen MR) is 75.5 cm³/mol. The number of likely N-dealkylation sites (N-methyl/N-ethyl adjacent to an activating group) is 1. The van der Waals surface area contributed by atoms with Gasteiger partial charge in [0.2, 0.25) is 0 Å². The molecule has 2 rings (SSSR count). The van der Waals surface area contributed by atoms with Gasteiger partial charge in [-0.2, -0.15) is 0 Å². The molecule has 0 aromatic heterocycles. The number of nitro groups is 1. The van der Waals surface area contributed by atoms with Gasteiger partial charge >= 0.3 is 0 Å². The maximum atomic E-state index is 12.4. The number of hydrogen-bond acceptors (Lipinski definition) is 5. The number of benzene rings is 1. The van der Waals surface area contributed by atoms with Gasteiger partial charge in [0, 0.05) is 30.9 Å². The van der Waals surface area contributed by atoms with Crippen LogP contribution in [0, 0.1) is 10.1 Å². The number of anilines is 1. The molecule has 20 heavy (non-hydrogen) atoms. The molecule has 1 aromatic rings. The molecular weight excluding hydrogens is 260 g/mol. The quantitative estimate of drug-likeness (QED) is 0.505. The zero-order valence-corrected chi connectivity index (χ0v) is 11.6. The van der Waals surface area contributed by atoms with Crippen LogP contribution in [0.25, 0.3) is 0 Å². The first kappa shape index (κ1) is 14.3. The fraction of sp³-hybridized carbons (Fsp3) is 0.462. The van der Waals surface area contributed by atoms with Crippen molar-refractivity contribution in [1.29, 1.82) is 0 Å². The third kappa shape index (κ3) is 2.72. The van der Waals surface area contributed by atoms with Crippen LogP contribution in [0.2, 0.25) is 0 Å². The number of hydrogen-bond donors (Lipinski definition) is 1. The Morgan fingerprint density at radius 3 is 2.75 bits per heavy atom. The van der Waals surface area contributed by atoms with E-state index < -0.39 is 4.92 Å². The highest BCUT2D eigenvalue weighted by Gasteiger charge is 2.31. The summed E-state index contributed by atoms with van der Waals surface area (Å²) in [4.78, 5) is 26.6. The number of carbonyl (C=O) groups is 1. The van der Waals surface area contributed by atoms with Crippen molar-refractivity contribution < 1.29 is 9.72 Å². The van der Waals surface area contributed by atoms with Crippen molar-refractivity contribution in [3.05, 3.63) is 33.9 Å². The Balaban J connectivity index is 2.26. The molecular formula is C13H18N4O3. The highest BCUT2D eigenvalue weighted by atomic mass is 16.6. The van der Waals surface area contributed by atoms with Gasteiger partial charge in [-0.05, 0) is 32.6 Å². The van der Waals surface area contributed by atoms with Crippen LogP contribution >= 0.6 is 0 Å². The van der Waals surface area contributed by atoms with E-state index in [4.69, 9.17) is 5.73 Å². The summed E-state index contributed by atoms with van der Waals surface area (Å²) in [5, 5.41) is 11.0. The molecule has 0 saturated carbocycles. The lowest BCUT2D eigenvalue weighted by Gasteiger charge is -2.20. The third-order valence-electron chi connectivity index (χ3n) is 3.63. The van der Waals surface area contributed by atoms with Crippen molar-refractivity contribution in [2.24, 2.45) is 0 Å². The van der Waals surface area contributed by atoms with Crippen LogP contribution in [-0.2, 0) is 0 Å². The second-order valence-electron chi connectivity index (χ2n) is 5.19. The topological polar surface area (TPSA) is 92.7 Å². The second-order valence-corrected chi connectivity index (χ2v) is 5.19. The van der Waals surface area contributed by atoms with Crippen LogP contribution in [0.1, 0.15) is 16.8 Å². The van der Waals surface area contributed by atoms with E-state index in [1.54, 1.807) is 4.90 Å². The van der Waals surface area contributed by atoms with Gasteiger partial charge in [0.1, 0.15) is 5.56 Å². The molecule has 0 radical (unpaired) electrons. The first-order chi connectivity index (χ1) is 9.40. The van der Waals surface area contributed by atoms with Crippen LogP contribution < -0.4 is 5.73 Å². The highest BCUT2D eigenvalue weighted by molar-refractivity contribution is 5.99. The molecule has 1 unspecified atom stereocenters. The summed E-state index contributed by atoms with van der Waals surface area (Å²) in [7, 11) is 3.92. The maximum absolute atomic E-state index is 12.4.